The molecular weight excluding hydrogens is 350 g/mol. The second kappa shape index (κ2) is 8.30. The first-order valence-electron chi connectivity index (χ1n) is 9.88. The average molecular weight is 375 g/mol. The molecule has 0 saturated carbocycles. The summed E-state index contributed by atoms with van der Waals surface area (Å²) in [5.74, 6) is 0.407. The van der Waals surface area contributed by atoms with E-state index in [1.807, 2.05) is 47.2 Å². The number of phenols is 1. The molecule has 0 aliphatic carbocycles. The lowest BCUT2D eigenvalue weighted by Gasteiger charge is -2.36. The Morgan fingerprint density at radius 2 is 1.86 bits per heavy atom. The highest BCUT2D eigenvalue weighted by molar-refractivity contribution is 5.94. The number of likely N-dealkylation sites (tertiary alicyclic amines) is 1. The van der Waals surface area contributed by atoms with E-state index in [0.717, 1.165) is 43.5 Å². The Bertz CT molecular complexity index is 902. The quantitative estimate of drug-likeness (QED) is 0.727. The SMILES string of the molecule is O=C(c1ccc(-n2ccnc2)cc1)N1CCCC[C@H]1CCc1ccc(O)cc1. The Morgan fingerprint density at radius 1 is 1.07 bits per heavy atom. The van der Waals surface area contributed by atoms with Gasteiger partial charge in [-0.3, -0.25) is 4.79 Å². The second-order valence-electron chi connectivity index (χ2n) is 7.37. The van der Waals surface area contributed by atoms with Crippen molar-refractivity contribution in [2.75, 3.05) is 6.54 Å². The lowest BCUT2D eigenvalue weighted by molar-refractivity contribution is 0.0602. The summed E-state index contributed by atoms with van der Waals surface area (Å²) in [4.78, 5) is 19.3. The molecule has 3 aromatic rings. The van der Waals surface area contributed by atoms with Crippen LogP contribution >= 0.6 is 0 Å². The molecule has 1 saturated heterocycles. The molecule has 1 aliphatic rings. The summed E-state index contributed by atoms with van der Waals surface area (Å²) in [7, 11) is 0. The van der Waals surface area contributed by atoms with Gasteiger partial charge in [0, 0.05) is 36.2 Å². The fourth-order valence-electron chi connectivity index (χ4n) is 3.92. The summed E-state index contributed by atoms with van der Waals surface area (Å²) < 4.78 is 1.93. The van der Waals surface area contributed by atoms with Crippen molar-refractivity contribution in [1.82, 2.24) is 14.5 Å². The lowest BCUT2D eigenvalue weighted by Crippen LogP contribution is -2.44. The van der Waals surface area contributed by atoms with Crippen LogP contribution in [-0.2, 0) is 6.42 Å². The molecule has 1 aromatic heterocycles. The van der Waals surface area contributed by atoms with Gasteiger partial charge in [-0.1, -0.05) is 12.1 Å². The summed E-state index contributed by atoms with van der Waals surface area (Å²) >= 11 is 0. The van der Waals surface area contributed by atoms with Crippen LogP contribution in [0.25, 0.3) is 5.69 Å². The van der Waals surface area contributed by atoms with Crippen molar-refractivity contribution < 1.29 is 9.90 Å². The van der Waals surface area contributed by atoms with Crippen molar-refractivity contribution in [1.29, 1.82) is 0 Å². The number of rotatable bonds is 5. The highest BCUT2D eigenvalue weighted by atomic mass is 16.3. The van der Waals surface area contributed by atoms with E-state index in [2.05, 4.69) is 9.88 Å². The van der Waals surface area contributed by atoms with Crippen molar-refractivity contribution in [3.05, 3.63) is 78.4 Å². The number of imidazole rings is 1. The third kappa shape index (κ3) is 4.09. The van der Waals surface area contributed by atoms with Gasteiger partial charge in [0.15, 0.2) is 0 Å². The monoisotopic (exact) mass is 375 g/mol. The molecule has 0 radical (unpaired) electrons. The number of benzene rings is 2. The van der Waals surface area contributed by atoms with Gasteiger partial charge in [0.05, 0.1) is 6.33 Å². The van der Waals surface area contributed by atoms with Crippen molar-refractivity contribution in [3.8, 4) is 11.4 Å². The minimum Gasteiger partial charge on any atom is -0.508 e. The molecule has 0 unspecified atom stereocenters. The largest absolute Gasteiger partial charge is 0.508 e. The number of nitrogens with zero attached hydrogens (tertiary/aromatic N) is 3. The summed E-state index contributed by atoms with van der Waals surface area (Å²) in [5.41, 5.74) is 2.93. The van der Waals surface area contributed by atoms with Gasteiger partial charge in [-0.05, 0) is 74.1 Å². The van der Waals surface area contributed by atoms with Crippen molar-refractivity contribution in [3.63, 3.8) is 0 Å². The Labute approximate surface area is 165 Å². The molecular formula is C23H25N3O2. The number of aromatic nitrogens is 2. The standard InChI is InChI=1S/C23H25N3O2/c27-22-12-5-18(6-13-22)4-9-21-3-1-2-15-26(21)23(28)19-7-10-20(11-8-19)25-16-14-24-17-25/h5-8,10-14,16-17,21,27H,1-4,9,15H2/t21-/m0/s1. The molecule has 1 atom stereocenters. The third-order valence-corrected chi connectivity index (χ3v) is 5.51. The minimum atomic E-state index is 0.118. The molecule has 144 valence electrons. The van der Waals surface area contributed by atoms with Gasteiger partial charge in [0.2, 0.25) is 0 Å². The minimum absolute atomic E-state index is 0.118. The van der Waals surface area contributed by atoms with Crippen molar-refractivity contribution in [2.24, 2.45) is 0 Å². The first kappa shape index (κ1) is 18.3. The van der Waals surface area contributed by atoms with Gasteiger partial charge in [-0.2, -0.15) is 0 Å². The normalized spacial score (nSPS) is 16.9. The van der Waals surface area contributed by atoms with Crippen LogP contribution in [0.15, 0.2) is 67.3 Å². The van der Waals surface area contributed by atoms with E-state index >= 15 is 0 Å². The van der Waals surface area contributed by atoms with Crippen LogP contribution in [0.2, 0.25) is 0 Å². The maximum atomic E-state index is 13.1. The Kier molecular flexibility index (Phi) is 5.42. The highest BCUT2D eigenvalue weighted by Gasteiger charge is 2.27. The molecule has 0 spiro atoms. The van der Waals surface area contributed by atoms with Crippen molar-refractivity contribution in [2.45, 2.75) is 38.1 Å². The van der Waals surface area contributed by atoms with Crippen molar-refractivity contribution >= 4 is 5.91 Å². The van der Waals surface area contributed by atoms with Crippen LogP contribution in [0.1, 0.15) is 41.6 Å². The molecule has 1 N–H and O–H groups in total. The Morgan fingerprint density at radius 3 is 2.57 bits per heavy atom. The maximum Gasteiger partial charge on any atom is 0.254 e. The van der Waals surface area contributed by atoms with Gasteiger partial charge in [0.1, 0.15) is 5.75 Å². The molecule has 1 amide bonds. The van der Waals surface area contributed by atoms with E-state index in [-0.39, 0.29) is 17.7 Å². The lowest BCUT2D eigenvalue weighted by atomic mass is 9.95. The van der Waals surface area contributed by atoms with Crippen LogP contribution in [0.3, 0.4) is 0 Å². The summed E-state index contributed by atoms with van der Waals surface area (Å²) in [6, 6.07) is 15.4. The molecule has 1 fully saturated rings. The number of aryl methyl sites for hydroxylation is 1. The molecule has 28 heavy (non-hydrogen) atoms. The number of aromatic hydroxyl groups is 1. The fourth-order valence-corrected chi connectivity index (χ4v) is 3.92. The number of hydrogen-bond donors (Lipinski definition) is 1. The van der Waals surface area contributed by atoms with Crippen LogP contribution < -0.4 is 0 Å². The third-order valence-electron chi connectivity index (χ3n) is 5.51. The first-order chi connectivity index (χ1) is 13.7. The summed E-state index contributed by atoms with van der Waals surface area (Å²) in [6.45, 7) is 0.822. The van der Waals surface area contributed by atoms with E-state index < -0.39 is 0 Å². The molecule has 5 heteroatoms. The average Bonchev–Trinajstić information content (AvgIpc) is 3.28. The Balaban J connectivity index is 1.44. The van der Waals surface area contributed by atoms with Gasteiger partial charge in [-0.15, -0.1) is 0 Å². The van der Waals surface area contributed by atoms with E-state index in [9.17, 15) is 9.90 Å². The topological polar surface area (TPSA) is 58.4 Å². The molecule has 5 nitrogen and oxygen atoms in total. The van der Waals surface area contributed by atoms with E-state index in [4.69, 9.17) is 0 Å². The van der Waals surface area contributed by atoms with Gasteiger partial charge < -0.3 is 14.6 Å². The molecule has 2 heterocycles. The Hall–Kier alpha value is -3.08. The zero-order valence-electron chi connectivity index (χ0n) is 15.9. The zero-order chi connectivity index (χ0) is 19.3. The fraction of sp³-hybridized carbons (Fsp3) is 0.304. The van der Waals surface area contributed by atoms with E-state index in [1.54, 1.807) is 24.7 Å². The maximum absolute atomic E-state index is 13.1. The van der Waals surface area contributed by atoms with Crippen LogP contribution in [-0.4, -0.2) is 38.1 Å². The predicted molar refractivity (Wildman–Crippen MR) is 109 cm³/mol. The first-order valence-corrected chi connectivity index (χ1v) is 9.88. The second-order valence-corrected chi connectivity index (χ2v) is 7.37. The van der Waals surface area contributed by atoms with Crippen LogP contribution in [0.5, 0.6) is 5.75 Å². The molecule has 0 bridgehead atoms. The highest BCUT2D eigenvalue weighted by Crippen LogP contribution is 2.24. The van der Waals surface area contributed by atoms with Crippen LogP contribution in [0.4, 0.5) is 0 Å². The number of hydrogen-bond acceptors (Lipinski definition) is 3. The number of carbonyl (C=O) groups excluding carboxylic acids is 1. The van der Waals surface area contributed by atoms with Gasteiger partial charge in [0.25, 0.3) is 5.91 Å². The van der Waals surface area contributed by atoms with Gasteiger partial charge >= 0.3 is 0 Å². The molecule has 1 aliphatic heterocycles. The molecule has 2 aromatic carbocycles. The number of amides is 1. The summed E-state index contributed by atoms with van der Waals surface area (Å²) in [5, 5.41) is 9.44. The number of carbonyl (C=O) groups is 1. The number of phenolic OH excluding ortho intramolecular Hbond substituents is 1. The smallest absolute Gasteiger partial charge is 0.254 e. The predicted octanol–water partition coefficient (Wildman–Crippen LogP) is 4.21. The summed E-state index contributed by atoms with van der Waals surface area (Å²) in [6.07, 6.45) is 10.5. The van der Waals surface area contributed by atoms with Crippen LogP contribution in [0, 0.1) is 0 Å². The van der Waals surface area contributed by atoms with E-state index in [1.165, 1.54) is 12.0 Å². The molecule has 4 rings (SSSR count). The van der Waals surface area contributed by atoms with E-state index in [0.29, 0.717) is 0 Å². The van der Waals surface area contributed by atoms with Gasteiger partial charge in [-0.25, -0.2) is 4.98 Å². The zero-order valence-corrected chi connectivity index (χ0v) is 15.9. The number of piperidine rings is 1.